The second-order valence-electron chi connectivity index (χ2n) is 5.89. The number of rotatable bonds is 9. The minimum atomic E-state index is -0.716. The summed E-state index contributed by atoms with van der Waals surface area (Å²) >= 11 is 0. The van der Waals surface area contributed by atoms with Gasteiger partial charge in [-0.05, 0) is 43.0 Å². The molecule has 0 radical (unpaired) electrons. The molecule has 0 saturated heterocycles. The highest BCUT2D eigenvalue weighted by atomic mass is 16.5. The van der Waals surface area contributed by atoms with Gasteiger partial charge < -0.3 is 15.2 Å². The second-order valence-corrected chi connectivity index (χ2v) is 5.89. The molecule has 114 valence electrons. The molecule has 0 amide bonds. The highest BCUT2D eigenvalue weighted by Crippen LogP contribution is 2.19. The van der Waals surface area contributed by atoms with Gasteiger partial charge in [-0.3, -0.25) is 0 Å². The number of aliphatic hydroxyl groups is 1. The van der Waals surface area contributed by atoms with Crippen molar-refractivity contribution in [2.45, 2.75) is 52.7 Å². The third-order valence-electron chi connectivity index (χ3n) is 3.60. The molecule has 0 fully saturated rings. The van der Waals surface area contributed by atoms with Gasteiger partial charge in [-0.15, -0.1) is 0 Å². The van der Waals surface area contributed by atoms with E-state index in [1.54, 1.807) is 0 Å². The van der Waals surface area contributed by atoms with Crippen LogP contribution < -0.4 is 10.1 Å². The van der Waals surface area contributed by atoms with Gasteiger partial charge in [0.15, 0.2) is 0 Å². The normalized spacial score (nSPS) is 11.9. The van der Waals surface area contributed by atoms with Gasteiger partial charge in [0.25, 0.3) is 0 Å². The molecule has 0 aliphatic carbocycles. The lowest BCUT2D eigenvalue weighted by atomic mass is 9.99. The maximum Gasteiger partial charge on any atom is 0.119 e. The quantitative estimate of drug-likeness (QED) is 0.728. The second kappa shape index (κ2) is 8.28. The highest BCUT2D eigenvalue weighted by Gasteiger charge is 2.22. The largest absolute Gasteiger partial charge is 0.491 e. The number of benzene rings is 1. The summed E-state index contributed by atoms with van der Waals surface area (Å²) in [5.41, 5.74) is 0.492. The molecule has 0 unspecified atom stereocenters. The Morgan fingerprint density at radius 3 is 2.55 bits per heavy atom. The maximum atomic E-state index is 10.2. The van der Waals surface area contributed by atoms with Crippen LogP contribution in [0.5, 0.6) is 5.75 Å². The van der Waals surface area contributed by atoms with E-state index in [4.69, 9.17) is 4.74 Å². The molecule has 0 saturated carbocycles. The lowest BCUT2D eigenvalue weighted by Crippen LogP contribution is -2.34. The molecule has 1 aromatic rings. The van der Waals surface area contributed by atoms with Gasteiger partial charge in [0, 0.05) is 6.54 Å². The summed E-state index contributed by atoms with van der Waals surface area (Å²) in [4.78, 5) is 0. The first kappa shape index (κ1) is 17.0. The minimum absolute atomic E-state index is 0.350. The average Bonchev–Trinajstić information content (AvgIpc) is 2.45. The molecule has 20 heavy (non-hydrogen) atoms. The van der Waals surface area contributed by atoms with Crippen LogP contribution >= 0.6 is 0 Å². The molecule has 0 aromatic heterocycles. The molecule has 1 aromatic carbocycles. The van der Waals surface area contributed by atoms with Gasteiger partial charge in [-0.1, -0.05) is 39.8 Å². The third-order valence-corrected chi connectivity index (χ3v) is 3.60. The van der Waals surface area contributed by atoms with Crippen LogP contribution in [0.15, 0.2) is 24.3 Å². The summed E-state index contributed by atoms with van der Waals surface area (Å²) in [6.45, 7) is 10.6. The van der Waals surface area contributed by atoms with Gasteiger partial charge in [-0.25, -0.2) is 0 Å². The molecule has 0 atom stereocenters. The number of hydrogen-bond donors (Lipinski definition) is 2. The molecular formula is C17H29NO2. The van der Waals surface area contributed by atoms with Gasteiger partial charge in [0.1, 0.15) is 12.4 Å². The molecule has 0 heterocycles. The van der Waals surface area contributed by atoms with E-state index < -0.39 is 5.60 Å². The summed E-state index contributed by atoms with van der Waals surface area (Å²) in [7, 11) is 0. The van der Waals surface area contributed by atoms with Crippen molar-refractivity contribution in [3.8, 4) is 5.75 Å². The van der Waals surface area contributed by atoms with E-state index in [1.165, 1.54) is 5.56 Å². The summed E-state index contributed by atoms with van der Waals surface area (Å²) in [6.07, 6.45) is 1.41. The molecule has 0 aliphatic rings. The molecule has 3 nitrogen and oxygen atoms in total. The first-order valence-corrected chi connectivity index (χ1v) is 7.64. The smallest absolute Gasteiger partial charge is 0.119 e. The Kier molecular flexibility index (Phi) is 7.03. The van der Waals surface area contributed by atoms with Crippen molar-refractivity contribution in [1.29, 1.82) is 0 Å². The minimum Gasteiger partial charge on any atom is -0.491 e. The van der Waals surface area contributed by atoms with Crippen LogP contribution in [-0.4, -0.2) is 23.9 Å². The Morgan fingerprint density at radius 1 is 1.25 bits per heavy atom. The van der Waals surface area contributed by atoms with E-state index in [9.17, 15) is 5.11 Å². The first-order valence-electron chi connectivity index (χ1n) is 7.64. The Bertz CT molecular complexity index is 386. The summed E-state index contributed by atoms with van der Waals surface area (Å²) in [6, 6.07) is 8.07. The predicted molar refractivity (Wildman–Crippen MR) is 84.0 cm³/mol. The molecular weight excluding hydrogens is 250 g/mol. The van der Waals surface area contributed by atoms with Crippen LogP contribution in [0, 0.1) is 5.92 Å². The van der Waals surface area contributed by atoms with E-state index in [2.05, 4.69) is 25.2 Å². The van der Waals surface area contributed by atoms with Crippen LogP contribution in [0.1, 0.15) is 46.1 Å². The fourth-order valence-corrected chi connectivity index (χ4v) is 1.92. The molecule has 3 heteroatoms. The Morgan fingerprint density at radius 2 is 1.95 bits per heavy atom. The monoisotopic (exact) mass is 279 g/mol. The lowest BCUT2D eigenvalue weighted by Gasteiger charge is -2.25. The van der Waals surface area contributed by atoms with Gasteiger partial charge in [-0.2, -0.15) is 0 Å². The van der Waals surface area contributed by atoms with Crippen LogP contribution in [0.3, 0.4) is 0 Å². The first-order chi connectivity index (χ1) is 9.49. The van der Waals surface area contributed by atoms with Crippen molar-refractivity contribution in [3.63, 3.8) is 0 Å². The lowest BCUT2D eigenvalue weighted by molar-refractivity contribution is -0.0113. The SMILES string of the molecule is CCC(O)(CC)COc1cccc(CNCC(C)C)c1. The summed E-state index contributed by atoms with van der Waals surface area (Å²) in [5, 5.41) is 13.6. The standard InChI is InChI=1S/C17H29NO2/c1-5-17(19,6-2)13-20-16-9-7-8-15(10-16)12-18-11-14(3)4/h7-10,14,18-19H,5-6,11-13H2,1-4H3. The average molecular weight is 279 g/mol. The van der Waals surface area contributed by atoms with E-state index in [0.717, 1.165) is 18.8 Å². The van der Waals surface area contributed by atoms with Gasteiger partial charge in [0.2, 0.25) is 0 Å². The Hall–Kier alpha value is -1.06. The van der Waals surface area contributed by atoms with Crippen molar-refractivity contribution in [2.75, 3.05) is 13.2 Å². The number of ether oxygens (including phenoxy) is 1. The fourth-order valence-electron chi connectivity index (χ4n) is 1.92. The zero-order chi connectivity index (χ0) is 15.0. The van der Waals surface area contributed by atoms with Gasteiger partial charge in [0.05, 0.1) is 5.60 Å². The predicted octanol–water partition coefficient (Wildman–Crippen LogP) is 3.36. The van der Waals surface area contributed by atoms with E-state index in [-0.39, 0.29) is 0 Å². The Balaban J connectivity index is 2.51. The zero-order valence-corrected chi connectivity index (χ0v) is 13.3. The zero-order valence-electron chi connectivity index (χ0n) is 13.3. The van der Waals surface area contributed by atoms with Crippen molar-refractivity contribution in [1.82, 2.24) is 5.32 Å². The third kappa shape index (κ3) is 5.93. The van der Waals surface area contributed by atoms with E-state index in [1.807, 2.05) is 32.0 Å². The van der Waals surface area contributed by atoms with Crippen molar-refractivity contribution in [2.24, 2.45) is 5.92 Å². The molecule has 1 rings (SSSR count). The van der Waals surface area contributed by atoms with Crippen LogP contribution in [-0.2, 0) is 6.54 Å². The van der Waals surface area contributed by atoms with E-state index in [0.29, 0.717) is 25.4 Å². The summed E-state index contributed by atoms with van der Waals surface area (Å²) in [5.74, 6) is 1.48. The highest BCUT2D eigenvalue weighted by molar-refractivity contribution is 5.28. The molecule has 0 spiro atoms. The molecule has 0 aliphatic heterocycles. The van der Waals surface area contributed by atoms with Crippen LogP contribution in [0.25, 0.3) is 0 Å². The van der Waals surface area contributed by atoms with Crippen LogP contribution in [0.2, 0.25) is 0 Å². The van der Waals surface area contributed by atoms with E-state index >= 15 is 0 Å². The fraction of sp³-hybridized carbons (Fsp3) is 0.647. The Labute approximate surface area is 123 Å². The molecule has 2 N–H and O–H groups in total. The number of hydrogen-bond acceptors (Lipinski definition) is 3. The van der Waals surface area contributed by atoms with Crippen molar-refractivity contribution < 1.29 is 9.84 Å². The van der Waals surface area contributed by atoms with Crippen molar-refractivity contribution >= 4 is 0 Å². The van der Waals surface area contributed by atoms with Gasteiger partial charge >= 0.3 is 0 Å². The summed E-state index contributed by atoms with van der Waals surface area (Å²) < 4.78 is 5.74. The maximum absolute atomic E-state index is 10.2. The van der Waals surface area contributed by atoms with Crippen molar-refractivity contribution in [3.05, 3.63) is 29.8 Å². The van der Waals surface area contributed by atoms with Crippen LogP contribution in [0.4, 0.5) is 0 Å². The molecule has 0 bridgehead atoms. The number of nitrogens with one attached hydrogen (secondary N) is 1. The topological polar surface area (TPSA) is 41.5 Å².